The fraction of sp³-hybridized carbons (Fsp3) is 0.364. The minimum Gasteiger partial charge on any atom is -0.389 e. The summed E-state index contributed by atoms with van der Waals surface area (Å²) in [5.41, 5.74) is 6.84. The zero-order valence-electron chi connectivity index (χ0n) is 9.94. The quantitative estimate of drug-likeness (QED) is 0.784. The van der Waals surface area contributed by atoms with E-state index in [0.717, 1.165) is 5.69 Å². The van der Waals surface area contributed by atoms with Crippen molar-refractivity contribution >= 4 is 44.3 Å². The highest BCUT2D eigenvalue weighted by atomic mass is 35.5. The molecule has 0 amide bonds. The van der Waals surface area contributed by atoms with Gasteiger partial charge in [-0.25, -0.2) is 8.42 Å². The van der Waals surface area contributed by atoms with Gasteiger partial charge in [-0.05, 0) is 18.2 Å². The van der Waals surface area contributed by atoms with Crippen LogP contribution in [0.3, 0.4) is 0 Å². The molecule has 7 heteroatoms. The lowest BCUT2D eigenvalue weighted by molar-refractivity contribution is 0.597. The van der Waals surface area contributed by atoms with Crippen molar-refractivity contribution in [2.24, 2.45) is 5.73 Å². The molecule has 0 aliphatic carbocycles. The highest BCUT2D eigenvalue weighted by Gasteiger charge is 2.07. The van der Waals surface area contributed by atoms with E-state index in [1.54, 1.807) is 25.1 Å². The molecule has 0 saturated carbocycles. The average Bonchev–Trinajstić information content (AvgIpc) is 2.28. The molecular weight excluding hydrogens is 292 g/mol. The van der Waals surface area contributed by atoms with Gasteiger partial charge >= 0.3 is 0 Å². The number of hydrogen-bond acceptors (Lipinski definition) is 4. The summed E-state index contributed by atoms with van der Waals surface area (Å²) in [7, 11) is -2.96. The van der Waals surface area contributed by atoms with Gasteiger partial charge in [-0.3, -0.25) is 0 Å². The lowest BCUT2D eigenvalue weighted by Crippen LogP contribution is -2.17. The van der Waals surface area contributed by atoms with Crippen LogP contribution in [0.1, 0.15) is 12.5 Å². The largest absolute Gasteiger partial charge is 0.389 e. The van der Waals surface area contributed by atoms with E-state index in [1.165, 1.54) is 0 Å². The molecule has 4 nitrogen and oxygen atoms in total. The van der Waals surface area contributed by atoms with Crippen LogP contribution in [-0.2, 0) is 9.84 Å². The number of thiocarbonyl (C=S) groups is 1. The number of anilines is 1. The summed E-state index contributed by atoms with van der Waals surface area (Å²) in [6.45, 7) is 1.97. The Bertz CT molecular complexity index is 544. The van der Waals surface area contributed by atoms with Crippen LogP contribution in [0.15, 0.2) is 18.2 Å². The Morgan fingerprint density at radius 3 is 2.67 bits per heavy atom. The van der Waals surface area contributed by atoms with Crippen LogP contribution in [0.25, 0.3) is 0 Å². The van der Waals surface area contributed by atoms with E-state index in [2.05, 4.69) is 5.32 Å². The molecule has 0 aromatic heterocycles. The molecule has 0 unspecified atom stereocenters. The first-order chi connectivity index (χ1) is 8.35. The van der Waals surface area contributed by atoms with Gasteiger partial charge in [0.15, 0.2) is 9.84 Å². The molecule has 0 spiro atoms. The Morgan fingerprint density at radius 1 is 1.50 bits per heavy atom. The van der Waals surface area contributed by atoms with Gasteiger partial charge in [0, 0.05) is 23.5 Å². The number of sulfone groups is 1. The van der Waals surface area contributed by atoms with E-state index in [4.69, 9.17) is 29.6 Å². The maximum atomic E-state index is 11.3. The molecule has 18 heavy (non-hydrogen) atoms. The standard InChI is InChI=1S/C11H15ClN2O2S2/c1-2-18(15,16)6-5-14-8-3-4-9(11(13)17)10(12)7-8/h3-4,7,14H,2,5-6H2,1H3,(H2,13,17). The molecule has 3 N–H and O–H groups in total. The van der Waals surface area contributed by atoms with E-state index in [1.807, 2.05) is 0 Å². The molecule has 0 bridgehead atoms. The highest BCUT2D eigenvalue weighted by Crippen LogP contribution is 2.20. The lowest BCUT2D eigenvalue weighted by Gasteiger charge is -2.08. The molecular formula is C11H15ClN2O2S2. The van der Waals surface area contributed by atoms with Crippen molar-refractivity contribution in [1.82, 2.24) is 0 Å². The maximum Gasteiger partial charge on any atom is 0.151 e. The minimum absolute atomic E-state index is 0.0954. The Kier molecular flexibility index (Phi) is 5.37. The van der Waals surface area contributed by atoms with Gasteiger partial charge in [0.1, 0.15) is 4.99 Å². The summed E-state index contributed by atoms with van der Waals surface area (Å²) in [5, 5.41) is 3.44. The molecule has 1 aromatic rings. The molecule has 0 radical (unpaired) electrons. The van der Waals surface area contributed by atoms with Crippen LogP contribution in [0, 0.1) is 0 Å². The van der Waals surface area contributed by atoms with Gasteiger partial charge in [-0.2, -0.15) is 0 Å². The molecule has 0 aliphatic heterocycles. The van der Waals surface area contributed by atoms with Crippen molar-refractivity contribution in [1.29, 1.82) is 0 Å². The second-order valence-electron chi connectivity index (χ2n) is 3.72. The third-order valence-corrected chi connectivity index (χ3v) is 4.65. The predicted octanol–water partition coefficient (Wildman–Crippen LogP) is 1.82. The zero-order chi connectivity index (χ0) is 13.8. The fourth-order valence-corrected chi connectivity index (χ4v) is 2.54. The van der Waals surface area contributed by atoms with Gasteiger partial charge < -0.3 is 11.1 Å². The Hall–Kier alpha value is -0.850. The zero-order valence-corrected chi connectivity index (χ0v) is 12.3. The lowest BCUT2D eigenvalue weighted by atomic mass is 10.2. The SMILES string of the molecule is CCS(=O)(=O)CCNc1ccc(C(N)=S)c(Cl)c1. The molecule has 1 aromatic carbocycles. The Balaban J connectivity index is 2.65. The van der Waals surface area contributed by atoms with E-state index >= 15 is 0 Å². The monoisotopic (exact) mass is 306 g/mol. The summed E-state index contributed by atoms with van der Waals surface area (Å²) in [4.78, 5) is 0.236. The van der Waals surface area contributed by atoms with Crippen molar-refractivity contribution in [3.05, 3.63) is 28.8 Å². The van der Waals surface area contributed by atoms with E-state index in [0.29, 0.717) is 17.1 Å². The summed E-state index contributed by atoms with van der Waals surface area (Å²) in [6, 6.07) is 5.15. The summed E-state index contributed by atoms with van der Waals surface area (Å²) in [5.74, 6) is 0.244. The summed E-state index contributed by atoms with van der Waals surface area (Å²) in [6.07, 6.45) is 0. The normalized spacial score (nSPS) is 11.2. The molecule has 0 saturated heterocycles. The van der Waals surface area contributed by atoms with Gasteiger partial charge in [0.2, 0.25) is 0 Å². The van der Waals surface area contributed by atoms with E-state index in [9.17, 15) is 8.42 Å². The van der Waals surface area contributed by atoms with E-state index < -0.39 is 9.84 Å². The van der Waals surface area contributed by atoms with Gasteiger partial charge in [0.05, 0.1) is 10.8 Å². The van der Waals surface area contributed by atoms with Gasteiger partial charge in [-0.15, -0.1) is 0 Å². The predicted molar refractivity (Wildman–Crippen MR) is 80.2 cm³/mol. The van der Waals surface area contributed by atoms with Gasteiger partial charge in [0.25, 0.3) is 0 Å². The number of rotatable bonds is 6. The molecule has 0 fully saturated rings. The number of nitrogens with one attached hydrogen (secondary N) is 1. The fourth-order valence-electron chi connectivity index (χ4n) is 1.32. The minimum atomic E-state index is -2.96. The van der Waals surface area contributed by atoms with Crippen LogP contribution in [0.5, 0.6) is 0 Å². The van der Waals surface area contributed by atoms with Crippen LogP contribution in [0.4, 0.5) is 5.69 Å². The third kappa shape index (κ3) is 4.44. The first kappa shape index (κ1) is 15.2. The first-order valence-corrected chi connectivity index (χ1v) is 8.00. The summed E-state index contributed by atoms with van der Waals surface area (Å²) < 4.78 is 22.6. The second kappa shape index (κ2) is 6.36. The topological polar surface area (TPSA) is 72.2 Å². The van der Waals surface area contributed by atoms with Crippen molar-refractivity contribution in [3.8, 4) is 0 Å². The summed E-state index contributed by atoms with van der Waals surface area (Å²) >= 11 is 10.8. The second-order valence-corrected chi connectivity index (χ2v) is 7.04. The molecule has 0 heterocycles. The Morgan fingerprint density at radius 2 is 2.17 bits per heavy atom. The van der Waals surface area contributed by atoms with Crippen LogP contribution in [-0.4, -0.2) is 31.5 Å². The van der Waals surface area contributed by atoms with Gasteiger partial charge in [-0.1, -0.05) is 30.7 Å². The number of nitrogens with two attached hydrogens (primary N) is 1. The first-order valence-electron chi connectivity index (χ1n) is 5.39. The maximum absolute atomic E-state index is 11.3. The average molecular weight is 307 g/mol. The van der Waals surface area contributed by atoms with E-state index in [-0.39, 0.29) is 16.5 Å². The van der Waals surface area contributed by atoms with Crippen LogP contribution >= 0.6 is 23.8 Å². The van der Waals surface area contributed by atoms with Crippen molar-refractivity contribution < 1.29 is 8.42 Å². The molecule has 0 aliphatic rings. The number of hydrogen-bond donors (Lipinski definition) is 2. The number of halogens is 1. The molecule has 0 atom stereocenters. The smallest absolute Gasteiger partial charge is 0.151 e. The van der Waals surface area contributed by atoms with Crippen molar-refractivity contribution in [3.63, 3.8) is 0 Å². The third-order valence-electron chi connectivity index (χ3n) is 2.42. The van der Waals surface area contributed by atoms with Crippen LogP contribution < -0.4 is 11.1 Å². The van der Waals surface area contributed by atoms with Crippen LogP contribution in [0.2, 0.25) is 5.02 Å². The Labute approximate surface area is 117 Å². The molecule has 100 valence electrons. The van der Waals surface area contributed by atoms with Crippen molar-refractivity contribution in [2.45, 2.75) is 6.92 Å². The van der Waals surface area contributed by atoms with Crippen molar-refractivity contribution in [2.75, 3.05) is 23.4 Å². The highest BCUT2D eigenvalue weighted by molar-refractivity contribution is 7.91. The number of benzene rings is 1. The molecule has 1 rings (SSSR count).